The van der Waals surface area contributed by atoms with Gasteiger partial charge in [-0.3, -0.25) is 4.79 Å². The lowest BCUT2D eigenvalue weighted by Gasteiger charge is -2.20. The van der Waals surface area contributed by atoms with Crippen LogP contribution in [0.15, 0.2) is 16.6 Å². The molecule has 1 aliphatic carbocycles. The molecule has 1 aliphatic rings. The van der Waals surface area contributed by atoms with E-state index in [1.54, 1.807) is 19.2 Å². The highest BCUT2D eigenvalue weighted by Gasteiger charge is 2.55. The number of halogens is 1. The average molecular weight is 315 g/mol. The average Bonchev–Trinajstić information content (AvgIpc) is 3.11. The third-order valence-corrected chi connectivity index (χ3v) is 3.88. The molecule has 0 unspecified atom stereocenters. The summed E-state index contributed by atoms with van der Waals surface area (Å²) in [5.41, 5.74) is -0.131. The Balaban J connectivity index is 2.60. The van der Waals surface area contributed by atoms with Gasteiger partial charge < -0.3 is 14.6 Å². The Morgan fingerprint density at radius 1 is 1.50 bits per heavy atom. The van der Waals surface area contributed by atoms with Crippen molar-refractivity contribution in [3.8, 4) is 11.5 Å². The molecule has 98 valence electrons. The second-order valence-corrected chi connectivity index (χ2v) is 5.13. The van der Waals surface area contributed by atoms with Crippen LogP contribution in [0, 0.1) is 0 Å². The van der Waals surface area contributed by atoms with Crippen molar-refractivity contribution in [2.45, 2.75) is 25.2 Å². The predicted molar refractivity (Wildman–Crippen MR) is 70.4 cm³/mol. The van der Waals surface area contributed by atoms with Crippen LogP contribution in [0.25, 0.3) is 0 Å². The molecule has 0 saturated heterocycles. The Kier molecular flexibility index (Phi) is 3.52. The number of carbonyl (C=O) groups is 1. The molecule has 4 nitrogen and oxygen atoms in total. The smallest absolute Gasteiger partial charge is 0.314 e. The van der Waals surface area contributed by atoms with E-state index in [2.05, 4.69) is 15.9 Å². The Morgan fingerprint density at radius 3 is 2.61 bits per heavy atom. The molecular formula is C13H15BrO4. The molecule has 1 aromatic rings. The number of hydrogen-bond acceptors (Lipinski definition) is 3. The quantitative estimate of drug-likeness (QED) is 0.907. The van der Waals surface area contributed by atoms with Crippen molar-refractivity contribution >= 4 is 21.9 Å². The second-order valence-electron chi connectivity index (χ2n) is 4.27. The molecular weight excluding hydrogens is 300 g/mol. The second kappa shape index (κ2) is 4.80. The molecule has 1 fully saturated rings. The van der Waals surface area contributed by atoms with Crippen LogP contribution in [0.2, 0.25) is 0 Å². The summed E-state index contributed by atoms with van der Waals surface area (Å²) in [5, 5.41) is 9.42. The fourth-order valence-corrected chi connectivity index (χ4v) is 2.82. The predicted octanol–water partition coefficient (Wildman–Crippen LogP) is 2.97. The molecule has 18 heavy (non-hydrogen) atoms. The van der Waals surface area contributed by atoms with Crippen molar-refractivity contribution in [1.29, 1.82) is 0 Å². The summed E-state index contributed by atoms with van der Waals surface area (Å²) in [6.45, 7) is 2.33. The van der Waals surface area contributed by atoms with Gasteiger partial charge in [-0.05, 0) is 31.9 Å². The van der Waals surface area contributed by atoms with Crippen LogP contribution in [-0.2, 0) is 10.2 Å². The third-order valence-electron chi connectivity index (χ3n) is 3.22. The first kappa shape index (κ1) is 13.2. The van der Waals surface area contributed by atoms with E-state index in [0.29, 0.717) is 36.5 Å². The highest BCUT2D eigenvalue weighted by molar-refractivity contribution is 9.10. The van der Waals surface area contributed by atoms with Gasteiger partial charge in [0.2, 0.25) is 0 Å². The molecule has 1 aromatic carbocycles. The first-order valence-corrected chi connectivity index (χ1v) is 6.59. The van der Waals surface area contributed by atoms with Gasteiger partial charge in [0.25, 0.3) is 0 Å². The number of carboxylic acids is 1. The molecule has 0 radical (unpaired) electrons. The van der Waals surface area contributed by atoms with Gasteiger partial charge in [-0.25, -0.2) is 0 Å². The number of carboxylic acid groups (broad SMARTS) is 1. The van der Waals surface area contributed by atoms with Crippen molar-refractivity contribution in [3.05, 3.63) is 22.2 Å². The molecule has 1 saturated carbocycles. The third kappa shape index (κ3) is 1.96. The molecule has 5 heteroatoms. The molecule has 0 aliphatic heterocycles. The number of ether oxygens (including phenoxy) is 2. The number of benzene rings is 1. The van der Waals surface area contributed by atoms with E-state index in [1.807, 2.05) is 6.92 Å². The van der Waals surface area contributed by atoms with Crippen molar-refractivity contribution < 1.29 is 19.4 Å². The van der Waals surface area contributed by atoms with Crippen LogP contribution in [0.3, 0.4) is 0 Å². The first-order valence-electron chi connectivity index (χ1n) is 5.80. The van der Waals surface area contributed by atoms with Crippen molar-refractivity contribution in [1.82, 2.24) is 0 Å². The number of hydrogen-bond donors (Lipinski definition) is 1. The molecule has 2 rings (SSSR count). The number of rotatable bonds is 5. The fraction of sp³-hybridized carbons (Fsp3) is 0.462. The molecule has 1 N–H and O–H groups in total. The summed E-state index contributed by atoms with van der Waals surface area (Å²) in [6, 6.07) is 3.58. The highest BCUT2D eigenvalue weighted by Crippen LogP contribution is 2.56. The van der Waals surface area contributed by atoms with Crippen molar-refractivity contribution in [3.63, 3.8) is 0 Å². The minimum atomic E-state index is -0.822. The van der Waals surface area contributed by atoms with Gasteiger partial charge in [0, 0.05) is 10.0 Å². The van der Waals surface area contributed by atoms with Crippen LogP contribution >= 0.6 is 15.9 Å². The Bertz CT molecular complexity index is 480. The Hall–Kier alpha value is -1.23. The zero-order valence-corrected chi connectivity index (χ0v) is 11.9. The van der Waals surface area contributed by atoms with Crippen molar-refractivity contribution in [2.75, 3.05) is 13.7 Å². The molecule has 0 aromatic heterocycles. The summed E-state index contributed by atoms with van der Waals surface area (Å²) < 4.78 is 11.6. The summed E-state index contributed by atoms with van der Waals surface area (Å²) >= 11 is 3.43. The summed E-state index contributed by atoms with van der Waals surface area (Å²) in [4.78, 5) is 11.5. The lowest BCUT2D eigenvalue weighted by atomic mass is 9.94. The molecule has 0 atom stereocenters. The molecule has 0 bridgehead atoms. The molecule has 0 spiro atoms. The van der Waals surface area contributed by atoms with Gasteiger partial charge >= 0.3 is 5.97 Å². The summed E-state index contributed by atoms with van der Waals surface area (Å²) in [6.07, 6.45) is 1.27. The summed E-state index contributed by atoms with van der Waals surface area (Å²) in [5.74, 6) is 0.300. The van der Waals surface area contributed by atoms with Gasteiger partial charge in [-0.2, -0.15) is 0 Å². The van der Waals surface area contributed by atoms with Gasteiger partial charge in [-0.1, -0.05) is 15.9 Å². The normalized spacial score (nSPS) is 16.2. The highest BCUT2D eigenvalue weighted by atomic mass is 79.9. The Labute approximate surface area is 114 Å². The first-order chi connectivity index (χ1) is 8.56. The van der Waals surface area contributed by atoms with Crippen molar-refractivity contribution in [2.24, 2.45) is 0 Å². The van der Waals surface area contributed by atoms with Crippen LogP contribution in [-0.4, -0.2) is 24.8 Å². The minimum Gasteiger partial charge on any atom is -0.493 e. The lowest BCUT2D eigenvalue weighted by molar-refractivity contribution is -0.140. The van der Waals surface area contributed by atoms with E-state index in [1.165, 1.54) is 0 Å². The standard InChI is InChI=1S/C13H15BrO4/c1-3-18-11-9(17-2)5-4-8(14)10(11)13(6-7-13)12(15)16/h4-5H,3,6-7H2,1-2H3,(H,15,16). The maximum Gasteiger partial charge on any atom is 0.314 e. The molecule has 0 amide bonds. The van der Waals surface area contributed by atoms with Gasteiger partial charge in [0.1, 0.15) is 0 Å². The van der Waals surface area contributed by atoms with Crippen LogP contribution in [0.4, 0.5) is 0 Å². The van der Waals surface area contributed by atoms with E-state index in [0.717, 1.165) is 4.47 Å². The largest absolute Gasteiger partial charge is 0.493 e. The number of aliphatic carboxylic acids is 1. The Morgan fingerprint density at radius 2 is 2.17 bits per heavy atom. The fourth-order valence-electron chi connectivity index (χ4n) is 2.13. The topological polar surface area (TPSA) is 55.8 Å². The van der Waals surface area contributed by atoms with E-state index < -0.39 is 11.4 Å². The lowest BCUT2D eigenvalue weighted by Crippen LogP contribution is -2.21. The van der Waals surface area contributed by atoms with E-state index in [-0.39, 0.29) is 0 Å². The van der Waals surface area contributed by atoms with Gasteiger partial charge in [0.05, 0.1) is 19.1 Å². The summed E-state index contributed by atoms with van der Waals surface area (Å²) in [7, 11) is 1.55. The molecule has 0 heterocycles. The van der Waals surface area contributed by atoms with E-state index in [9.17, 15) is 9.90 Å². The monoisotopic (exact) mass is 314 g/mol. The SMILES string of the molecule is CCOc1c(OC)ccc(Br)c1C1(C(=O)O)CC1. The van der Waals surface area contributed by atoms with Gasteiger partial charge in [-0.15, -0.1) is 0 Å². The minimum absolute atomic E-state index is 0.468. The van der Waals surface area contributed by atoms with Crippen LogP contribution in [0.5, 0.6) is 11.5 Å². The maximum absolute atomic E-state index is 11.5. The zero-order chi connectivity index (χ0) is 13.3. The van der Waals surface area contributed by atoms with Crippen LogP contribution < -0.4 is 9.47 Å². The van der Waals surface area contributed by atoms with E-state index in [4.69, 9.17) is 9.47 Å². The van der Waals surface area contributed by atoms with Crippen LogP contribution in [0.1, 0.15) is 25.3 Å². The van der Waals surface area contributed by atoms with Gasteiger partial charge in [0.15, 0.2) is 11.5 Å². The maximum atomic E-state index is 11.5. The zero-order valence-electron chi connectivity index (χ0n) is 10.3. The number of methoxy groups -OCH3 is 1. The van der Waals surface area contributed by atoms with E-state index >= 15 is 0 Å².